The molecule has 0 aromatic carbocycles. The third-order valence-electron chi connectivity index (χ3n) is 1.42. The number of pyridine rings is 1. The molecule has 1 rings (SSSR count). The Morgan fingerprint density at radius 3 is 2.82 bits per heavy atom. The Morgan fingerprint density at radius 1 is 1.55 bits per heavy atom. The van der Waals surface area contributed by atoms with Crippen molar-refractivity contribution in [2.45, 2.75) is 18.2 Å². The number of nitrogens with zero attached hydrogens (tertiary/aromatic N) is 1. The molecule has 1 aromatic rings. The summed E-state index contributed by atoms with van der Waals surface area (Å²) in [7, 11) is 0. The first-order valence-electron chi connectivity index (χ1n) is 3.50. The van der Waals surface area contributed by atoms with Gasteiger partial charge in [-0.1, -0.05) is 28.9 Å². The summed E-state index contributed by atoms with van der Waals surface area (Å²) in [6.45, 7) is 2.13. The Balaban J connectivity index is 2.86. The first-order valence-corrected chi connectivity index (χ1v) is 5.21. The summed E-state index contributed by atoms with van der Waals surface area (Å²) in [5, 5.41) is 0. The molecule has 0 bridgehead atoms. The van der Waals surface area contributed by atoms with Crippen molar-refractivity contribution < 1.29 is 0 Å². The summed E-state index contributed by atoms with van der Waals surface area (Å²) in [5.41, 5.74) is 1.09. The van der Waals surface area contributed by atoms with Gasteiger partial charge in [-0.15, -0.1) is 0 Å². The van der Waals surface area contributed by atoms with E-state index in [1.54, 1.807) is 0 Å². The van der Waals surface area contributed by atoms with Gasteiger partial charge in [-0.2, -0.15) is 0 Å². The predicted molar refractivity (Wildman–Crippen MR) is 53.9 cm³/mol. The van der Waals surface area contributed by atoms with Gasteiger partial charge in [0.2, 0.25) is 0 Å². The first-order chi connectivity index (χ1) is 5.24. The van der Waals surface area contributed by atoms with Gasteiger partial charge >= 0.3 is 0 Å². The fraction of sp³-hybridized carbons (Fsp3) is 0.375. The quantitative estimate of drug-likeness (QED) is 0.594. The van der Waals surface area contributed by atoms with Crippen molar-refractivity contribution in [1.82, 2.24) is 4.98 Å². The predicted octanol–water partition coefficient (Wildman–Crippen LogP) is 3.69. The second-order valence-electron chi connectivity index (χ2n) is 2.26. The van der Waals surface area contributed by atoms with Crippen LogP contribution in [0.2, 0.25) is 0 Å². The topological polar surface area (TPSA) is 12.9 Å². The molecule has 1 heterocycles. The minimum Gasteiger partial charge on any atom is -0.245 e. The van der Waals surface area contributed by atoms with Crippen LogP contribution in [0.5, 0.6) is 0 Å². The molecule has 0 unspecified atom stereocenters. The van der Waals surface area contributed by atoms with Crippen LogP contribution in [0.25, 0.3) is 0 Å². The lowest BCUT2D eigenvalue weighted by Crippen LogP contribution is -1.91. The van der Waals surface area contributed by atoms with E-state index in [1.165, 1.54) is 0 Å². The van der Waals surface area contributed by atoms with E-state index in [-0.39, 0.29) is 0 Å². The number of hydrogen-bond acceptors (Lipinski definition) is 1. The van der Waals surface area contributed by atoms with Gasteiger partial charge in [-0.05, 0) is 34.5 Å². The fourth-order valence-electron chi connectivity index (χ4n) is 0.808. The SMILES string of the molecule is CC[C@H](Br)c1cccc(Br)n1. The van der Waals surface area contributed by atoms with Gasteiger partial charge in [0.05, 0.1) is 10.5 Å². The van der Waals surface area contributed by atoms with Crippen LogP contribution >= 0.6 is 31.9 Å². The maximum absolute atomic E-state index is 4.31. The van der Waals surface area contributed by atoms with E-state index in [2.05, 4.69) is 43.8 Å². The van der Waals surface area contributed by atoms with Crippen LogP contribution < -0.4 is 0 Å². The van der Waals surface area contributed by atoms with E-state index in [1.807, 2.05) is 18.2 Å². The minimum atomic E-state index is 0.375. The van der Waals surface area contributed by atoms with Crippen LogP contribution in [0.3, 0.4) is 0 Å². The van der Waals surface area contributed by atoms with E-state index >= 15 is 0 Å². The average molecular weight is 279 g/mol. The molecule has 0 fully saturated rings. The molecule has 1 nitrogen and oxygen atoms in total. The summed E-state index contributed by atoms with van der Waals surface area (Å²) < 4.78 is 0.896. The molecule has 0 amide bonds. The Labute approximate surface area is 83.5 Å². The van der Waals surface area contributed by atoms with Crippen molar-refractivity contribution in [3.8, 4) is 0 Å². The molecule has 0 aliphatic rings. The molecule has 0 N–H and O–H groups in total. The zero-order valence-corrected chi connectivity index (χ0v) is 9.39. The second kappa shape index (κ2) is 4.21. The van der Waals surface area contributed by atoms with Crippen LogP contribution in [0.1, 0.15) is 23.9 Å². The largest absolute Gasteiger partial charge is 0.245 e. The van der Waals surface area contributed by atoms with Crippen LogP contribution in [0, 0.1) is 0 Å². The molecular weight excluding hydrogens is 270 g/mol. The van der Waals surface area contributed by atoms with Crippen molar-refractivity contribution in [2.75, 3.05) is 0 Å². The summed E-state index contributed by atoms with van der Waals surface area (Å²) >= 11 is 6.86. The summed E-state index contributed by atoms with van der Waals surface area (Å²) in [6, 6.07) is 5.95. The first kappa shape index (κ1) is 9.20. The van der Waals surface area contributed by atoms with E-state index in [0.29, 0.717) is 4.83 Å². The highest BCUT2D eigenvalue weighted by Gasteiger charge is 2.04. The third-order valence-corrected chi connectivity index (χ3v) is 2.97. The summed E-state index contributed by atoms with van der Waals surface area (Å²) in [6.07, 6.45) is 1.06. The maximum Gasteiger partial charge on any atom is 0.106 e. The van der Waals surface area contributed by atoms with E-state index in [9.17, 15) is 0 Å². The van der Waals surface area contributed by atoms with Crippen LogP contribution in [0.4, 0.5) is 0 Å². The molecule has 1 atom stereocenters. The van der Waals surface area contributed by atoms with E-state index in [4.69, 9.17) is 0 Å². The lowest BCUT2D eigenvalue weighted by Gasteiger charge is -2.04. The van der Waals surface area contributed by atoms with Gasteiger partial charge in [-0.3, -0.25) is 0 Å². The number of hydrogen-bond donors (Lipinski definition) is 0. The van der Waals surface area contributed by atoms with Crippen molar-refractivity contribution in [1.29, 1.82) is 0 Å². The van der Waals surface area contributed by atoms with Crippen molar-refractivity contribution in [3.05, 3.63) is 28.5 Å². The minimum absolute atomic E-state index is 0.375. The Kier molecular flexibility index (Phi) is 3.52. The molecule has 11 heavy (non-hydrogen) atoms. The average Bonchev–Trinajstić information content (AvgIpc) is 2.03. The van der Waals surface area contributed by atoms with Gasteiger partial charge < -0.3 is 0 Å². The molecule has 1 aromatic heterocycles. The molecule has 0 spiro atoms. The molecular formula is C8H9Br2N. The van der Waals surface area contributed by atoms with E-state index < -0.39 is 0 Å². The van der Waals surface area contributed by atoms with Crippen LogP contribution in [-0.4, -0.2) is 4.98 Å². The third kappa shape index (κ3) is 2.56. The fourth-order valence-corrected chi connectivity index (χ4v) is 1.42. The molecule has 60 valence electrons. The lowest BCUT2D eigenvalue weighted by atomic mass is 10.2. The number of alkyl halides is 1. The van der Waals surface area contributed by atoms with Crippen molar-refractivity contribution >= 4 is 31.9 Å². The maximum atomic E-state index is 4.31. The summed E-state index contributed by atoms with van der Waals surface area (Å²) in [4.78, 5) is 4.69. The highest BCUT2D eigenvalue weighted by Crippen LogP contribution is 2.24. The Hall–Kier alpha value is 0.110. The molecule has 0 saturated carbocycles. The second-order valence-corrected chi connectivity index (χ2v) is 4.18. The number of rotatable bonds is 2. The smallest absolute Gasteiger partial charge is 0.106 e. The highest BCUT2D eigenvalue weighted by atomic mass is 79.9. The highest BCUT2D eigenvalue weighted by molar-refractivity contribution is 9.10. The molecule has 0 aliphatic carbocycles. The van der Waals surface area contributed by atoms with Gasteiger partial charge in [-0.25, -0.2) is 4.98 Å². The van der Waals surface area contributed by atoms with Crippen molar-refractivity contribution in [2.24, 2.45) is 0 Å². The molecule has 0 saturated heterocycles. The molecule has 0 aliphatic heterocycles. The Bertz CT molecular complexity index is 237. The normalized spacial score (nSPS) is 13.0. The number of halogens is 2. The summed E-state index contributed by atoms with van der Waals surface area (Å²) in [5.74, 6) is 0. The monoisotopic (exact) mass is 277 g/mol. The van der Waals surface area contributed by atoms with Crippen molar-refractivity contribution in [3.63, 3.8) is 0 Å². The van der Waals surface area contributed by atoms with Gasteiger partial charge in [0.25, 0.3) is 0 Å². The standard InChI is InChI=1S/C8H9Br2N/c1-2-6(9)7-4-3-5-8(10)11-7/h3-6H,2H2,1H3/t6-/m0/s1. The molecule has 0 radical (unpaired) electrons. The lowest BCUT2D eigenvalue weighted by molar-refractivity contribution is 0.868. The van der Waals surface area contributed by atoms with Gasteiger partial charge in [0.15, 0.2) is 0 Å². The molecule has 3 heteroatoms. The van der Waals surface area contributed by atoms with E-state index in [0.717, 1.165) is 16.7 Å². The number of aromatic nitrogens is 1. The van der Waals surface area contributed by atoms with Crippen LogP contribution in [0.15, 0.2) is 22.8 Å². The zero-order valence-electron chi connectivity index (χ0n) is 6.22. The zero-order chi connectivity index (χ0) is 8.27. The van der Waals surface area contributed by atoms with Crippen LogP contribution in [-0.2, 0) is 0 Å². The van der Waals surface area contributed by atoms with Gasteiger partial charge in [0, 0.05) is 0 Å². The van der Waals surface area contributed by atoms with Gasteiger partial charge in [0.1, 0.15) is 4.60 Å². The Morgan fingerprint density at radius 2 is 2.27 bits per heavy atom.